The van der Waals surface area contributed by atoms with Gasteiger partial charge < -0.3 is 5.32 Å². The molecular formula is C16H16F3N. The molecular weight excluding hydrogens is 263 g/mol. The van der Waals surface area contributed by atoms with Crippen molar-refractivity contribution in [2.45, 2.75) is 25.6 Å². The van der Waals surface area contributed by atoms with E-state index in [0.717, 1.165) is 5.56 Å². The first-order chi connectivity index (χ1) is 9.44. The average molecular weight is 279 g/mol. The predicted molar refractivity (Wildman–Crippen MR) is 74.7 cm³/mol. The maximum Gasteiger partial charge on any atom is 0.391 e. The van der Waals surface area contributed by atoms with Crippen molar-refractivity contribution in [1.29, 1.82) is 0 Å². The van der Waals surface area contributed by atoms with Crippen LogP contribution in [0.15, 0.2) is 54.6 Å². The molecule has 1 unspecified atom stereocenters. The summed E-state index contributed by atoms with van der Waals surface area (Å²) in [6.45, 7) is 1.94. The van der Waals surface area contributed by atoms with Gasteiger partial charge in [0.05, 0.1) is 12.5 Å². The second kappa shape index (κ2) is 5.99. The Labute approximate surface area is 116 Å². The lowest BCUT2D eigenvalue weighted by molar-refractivity contribution is -0.137. The Morgan fingerprint density at radius 2 is 1.55 bits per heavy atom. The number of nitrogens with one attached hydrogen (secondary N) is 1. The lowest BCUT2D eigenvalue weighted by Crippen LogP contribution is -2.20. The number of hydrogen-bond acceptors (Lipinski definition) is 1. The Bertz CT molecular complexity index is 532. The summed E-state index contributed by atoms with van der Waals surface area (Å²) in [4.78, 5) is 0. The lowest BCUT2D eigenvalue weighted by Gasteiger charge is -2.22. The number of halogens is 3. The zero-order valence-corrected chi connectivity index (χ0v) is 11.1. The highest BCUT2D eigenvalue weighted by Gasteiger charge is 2.32. The fourth-order valence-corrected chi connectivity index (χ4v) is 2.02. The highest BCUT2D eigenvalue weighted by atomic mass is 19.4. The van der Waals surface area contributed by atoms with E-state index in [1.165, 1.54) is 0 Å². The molecule has 0 fully saturated rings. The molecule has 0 spiro atoms. The molecule has 1 nitrogen and oxygen atoms in total. The molecule has 0 bridgehead atoms. The van der Waals surface area contributed by atoms with E-state index in [-0.39, 0.29) is 0 Å². The van der Waals surface area contributed by atoms with Crippen LogP contribution in [0.1, 0.15) is 23.6 Å². The molecule has 0 heterocycles. The lowest BCUT2D eigenvalue weighted by atomic mass is 10.0. The smallest absolute Gasteiger partial charge is 0.378 e. The monoisotopic (exact) mass is 279 g/mol. The average Bonchev–Trinajstić information content (AvgIpc) is 2.40. The van der Waals surface area contributed by atoms with E-state index >= 15 is 0 Å². The largest absolute Gasteiger partial charge is 0.391 e. The third kappa shape index (κ3) is 4.30. The number of alkyl halides is 3. The van der Waals surface area contributed by atoms with E-state index in [1.807, 2.05) is 19.1 Å². The van der Waals surface area contributed by atoms with Crippen LogP contribution >= 0.6 is 0 Å². The third-order valence-corrected chi connectivity index (χ3v) is 3.03. The van der Waals surface area contributed by atoms with Gasteiger partial charge in [-0.25, -0.2) is 0 Å². The van der Waals surface area contributed by atoms with Crippen LogP contribution in [0.4, 0.5) is 18.9 Å². The molecule has 106 valence electrons. The standard InChI is InChI=1S/C16H16F3N/c1-12-7-9-14(10-8-12)20-15(11-16(17,18)19)13-5-3-2-4-6-13/h2-10,15,20H,11H2,1H3. The fraction of sp³-hybridized carbons (Fsp3) is 0.250. The molecule has 0 aliphatic rings. The third-order valence-electron chi connectivity index (χ3n) is 3.03. The summed E-state index contributed by atoms with van der Waals surface area (Å²) in [6, 6.07) is 15.2. The Balaban J connectivity index is 2.20. The first kappa shape index (κ1) is 14.4. The molecule has 0 radical (unpaired) electrons. The molecule has 0 aliphatic heterocycles. The second-order valence-electron chi connectivity index (χ2n) is 4.79. The van der Waals surface area contributed by atoms with Gasteiger partial charge in [0.15, 0.2) is 0 Å². The summed E-state index contributed by atoms with van der Waals surface area (Å²) in [5, 5.41) is 2.96. The minimum atomic E-state index is -4.21. The SMILES string of the molecule is Cc1ccc(NC(CC(F)(F)F)c2ccccc2)cc1. The Kier molecular flexibility index (Phi) is 4.32. The Morgan fingerprint density at radius 3 is 2.10 bits per heavy atom. The van der Waals surface area contributed by atoms with Crippen molar-refractivity contribution in [3.05, 3.63) is 65.7 Å². The molecule has 0 saturated carbocycles. The number of aryl methyl sites for hydroxylation is 1. The van der Waals surface area contributed by atoms with Crippen LogP contribution in [0.3, 0.4) is 0 Å². The van der Waals surface area contributed by atoms with E-state index in [4.69, 9.17) is 0 Å². The summed E-state index contributed by atoms with van der Waals surface area (Å²) in [5.41, 5.74) is 2.39. The van der Waals surface area contributed by atoms with Crippen LogP contribution in [-0.2, 0) is 0 Å². The maximum absolute atomic E-state index is 12.7. The van der Waals surface area contributed by atoms with E-state index in [1.54, 1.807) is 42.5 Å². The van der Waals surface area contributed by atoms with E-state index < -0.39 is 18.6 Å². The van der Waals surface area contributed by atoms with E-state index in [0.29, 0.717) is 11.3 Å². The summed E-state index contributed by atoms with van der Waals surface area (Å²) in [5.74, 6) is 0. The van der Waals surface area contributed by atoms with Crippen LogP contribution < -0.4 is 5.32 Å². The van der Waals surface area contributed by atoms with Crippen LogP contribution in [0.2, 0.25) is 0 Å². The molecule has 20 heavy (non-hydrogen) atoms. The quantitative estimate of drug-likeness (QED) is 0.821. The first-order valence-electron chi connectivity index (χ1n) is 6.39. The number of rotatable bonds is 4. The minimum Gasteiger partial charge on any atom is -0.378 e. The zero-order chi connectivity index (χ0) is 14.6. The predicted octanol–water partition coefficient (Wildman–Crippen LogP) is 5.10. The van der Waals surface area contributed by atoms with Crippen LogP contribution in [-0.4, -0.2) is 6.18 Å². The summed E-state index contributed by atoms with van der Waals surface area (Å²) in [6.07, 6.45) is -5.11. The van der Waals surface area contributed by atoms with Crippen molar-refractivity contribution in [3.8, 4) is 0 Å². The van der Waals surface area contributed by atoms with Gasteiger partial charge in [-0.05, 0) is 24.6 Å². The number of benzene rings is 2. The van der Waals surface area contributed by atoms with Gasteiger partial charge in [-0.3, -0.25) is 0 Å². The van der Waals surface area contributed by atoms with Crippen molar-refractivity contribution in [1.82, 2.24) is 0 Å². The molecule has 2 aromatic rings. The number of anilines is 1. The molecule has 0 aliphatic carbocycles. The molecule has 0 aromatic heterocycles. The minimum absolute atomic E-state index is 0.630. The summed E-state index contributed by atoms with van der Waals surface area (Å²) >= 11 is 0. The van der Waals surface area contributed by atoms with Gasteiger partial charge in [-0.2, -0.15) is 13.2 Å². The van der Waals surface area contributed by atoms with Crippen LogP contribution in [0, 0.1) is 6.92 Å². The zero-order valence-electron chi connectivity index (χ0n) is 11.1. The Hall–Kier alpha value is -1.97. The summed E-state index contributed by atoms with van der Waals surface area (Å²) in [7, 11) is 0. The maximum atomic E-state index is 12.7. The highest BCUT2D eigenvalue weighted by molar-refractivity contribution is 5.46. The normalized spacial score (nSPS) is 13.0. The fourth-order valence-electron chi connectivity index (χ4n) is 2.02. The second-order valence-corrected chi connectivity index (χ2v) is 4.79. The van der Waals surface area contributed by atoms with Crippen LogP contribution in [0.25, 0.3) is 0 Å². The van der Waals surface area contributed by atoms with Crippen LogP contribution in [0.5, 0.6) is 0 Å². The first-order valence-corrected chi connectivity index (χ1v) is 6.39. The summed E-state index contributed by atoms with van der Waals surface area (Å²) < 4.78 is 38.2. The van der Waals surface area contributed by atoms with Gasteiger partial charge in [0, 0.05) is 5.69 Å². The molecule has 2 aromatic carbocycles. The van der Waals surface area contributed by atoms with Crippen molar-refractivity contribution < 1.29 is 13.2 Å². The van der Waals surface area contributed by atoms with Gasteiger partial charge in [0.25, 0.3) is 0 Å². The van der Waals surface area contributed by atoms with Gasteiger partial charge in [0.1, 0.15) is 0 Å². The van der Waals surface area contributed by atoms with Gasteiger partial charge in [0.2, 0.25) is 0 Å². The number of hydrogen-bond donors (Lipinski definition) is 1. The van der Waals surface area contributed by atoms with Crippen molar-refractivity contribution in [2.24, 2.45) is 0 Å². The van der Waals surface area contributed by atoms with Crippen molar-refractivity contribution in [2.75, 3.05) is 5.32 Å². The van der Waals surface area contributed by atoms with Gasteiger partial charge >= 0.3 is 6.18 Å². The molecule has 0 amide bonds. The highest BCUT2D eigenvalue weighted by Crippen LogP contribution is 2.32. The van der Waals surface area contributed by atoms with Crippen molar-refractivity contribution in [3.63, 3.8) is 0 Å². The Morgan fingerprint density at radius 1 is 0.950 bits per heavy atom. The molecule has 4 heteroatoms. The van der Waals surface area contributed by atoms with E-state index in [2.05, 4.69) is 5.32 Å². The van der Waals surface area contributed by atoms with E-state index in [9.17, 15) is 13.2 Å². The van der Waals surface area contributed by atoms with Gasteiger partial charge in [-0.1, -0.05) is 48.0 Å². The molecule has 1 N–H and O–H groups in total. The topological polar surface area (TPSA) is 12.0 Å². The van der Waals surface area contributed by atoms with Gasteiger partial charge in [-0.15, -0.1) is 0 Å². The molecule has 0 saturated heterocycles. The molecule has 2 rings (SSSR count). The van der Waals surface area contributed by atoms with Crippen molar-refractivity contribution >= 4 is 5.69 Å². The molecule has 1 atom stereocenters.